The SMILES string of the molecule is CCN(C(=O)c1c(Cl)cccc1[N+](=O)[O-])C1CCNC1. The first kappa shape index (κ1) is 14.7. The highest BCUT2D eigenvalue weighted by Gasteiger charge is 2.31. The van der Waals surface area contributed by atoms with Crippen LogP contribution >= 0.6 is 11.6 Å². The molecule has 0 radical (unpaired) electrons. The van der Waals surface area contributed by atoms with E-state index in [1.165, 1.54) is 18.2 Å². The predicted molar refractivity (Wildman–Crippen MR) is 76.1 cm³/mol. The molecule has 0 aromatic heterocycles. The van der Waals surface area contributed by atoms with Gasteiger partial charge in [-0.15, -0.1) is 0 Å². The van der Waals surface area contributed by atoms with E-state index in [0.29, 0.717) is 13.1 Å². The van der Waals surface area contributed by atoms with Gasteiger partial charge in [0.05, 0.1) is 9.95 Å². The summed E-state index contributed by atoms with van der Waals surface area (Å²) in [5.74, 6) is -0.376. The summed E-state index contributed by atoms with van der Waals surface area (Å²) in [5, 5.41) is 14.4. The van der Waals surface area contributed by atoms with E-state index in [9.17, 15) is 14.9 Å². The molecule has 1 fully saturated rings. The second-order valence-corrected chi connectivity index (χ2v) is 5.04. The molecule has 1 heterocycles. The number of halogens is 1. The highest BCUT2D eigenvalue weighted by atomic mass is 35.5. The maximum Gasteiger partial charge on any atom is 0.283 e. The van der Waals surface area contributed by atoms with Gasteiger partial charge in [-0.3, -0.25) is 14.9 Å². The standard InChI is InChI=1S/C13H16ClN3O3/c1-2-16(9-6-7-15-8-9)13(18)12-10(14)4-3-5-11(12)17(19)20/h3-5,9,15H,2,6-8H2,1H3. The van der Waals surface area contributed by atoms with E-state index in [1.807, 2.05) is 6.92 Å². The van der Waals surface area contributed by atoms with Crippen LogP contribution in [0.4, 0.5) is 5.69 Å². The van der Waals surface area contributed by atoms with E-state index in [1.54, 1.807) is 4.90 Å². The number of nitrogens with one attached hydrogen (secondary N) is 1. The van der Waals surface area contributed by atoms with Gasteiger partial charge in [0.15, 0.2) is 0 Å². The molecule has 2 rings (SSSR count). The minimum atomic E-state index is -0.570. The minimum Gasteiger partial charge on any atom is -0.334 e. The number of nitrogens with zero attached hydrogens (tertiary/aromatic N) is 2. The van der Waals surface area contributed by atoms with Crippen LogP contribution in [-0.2, 0) is 0 Å². The summed E-state index contributed by atoms with van der Waals surface area (Å²) in [6.45, 7) is 3.91. The van der Waals surface area contributed by atoms with Gasteiger partial charge in [0.25, 0.3) is 11.6 Å². The van der Waals surface area contributed by atoms with Crippen LogP contribution in [0.1, 0.15) is 23.7 Å². The lowest BCUT2D eigenvalue weighted by atomic mass is 10.1. The molecule has 20 heavy (non-hydrogen) atoms. The topological polar surface area (TPSA) is 75.5 Å². The number of carbonyl (C=O) groups excluding carboxylic acids is 1. The number of rotatable bonds is 4. The third-order valence-corrected chi connectivity index (χ3v) is 3.79. The lowest BCUT2D eigenvalue weighted by Gasteiger charge is -2.27. The van der Waals surface area contributed by atoms with Crippen LogP contribution in [0.3, 0.4) is 0 Å². The average Bonchev–Trinajstić information content (AvgIpc) is 2.92. The van der Waals surface area contributed by atoms with Crippen molar-refractivity contribution in [1.29, 1.82) is 0 Å². The number of carbonyl (C=O) groups is 1. The van der Waals surface area contributed by atoms with Crippen LogP contribution in [0.2, 0.25) is 5.02 Å². The summed E-state index contributed by atoms with van der Waals surface area (Å²) >= 11 is 6.01. The summed E-state index contributed by atoms with van der Waals surface area (Å²) in [5.41, 5.74) is -0.264. The Morgan fingerprint density at radius 1 is 1.60 bits per heavy atom. The maximum absolute atomic E-state index is 12.6. The van der Waals surface area contributed by atoms with E-state index in [-0.39, 0.29) is 28.2 Å². The summed E-state index contributed by atoms with van der Waals surface area (Å²) in [6.07, 6.45) is 0.845. The quantitative estimate of drug-likeness (QED) is 0.682. The molecule has 1 aliphatic rings. The molecule has 0 bridgehead atoms. The molecule has 1 saturated heterocycles. The molecular weight excluding hydrogens is 282 g/mol. The van der Waals surface area contributed by atoms with Crippen molar-refractivity contribution in [3.8, 4) is 0 Å². The third kappa shape index (κ3) is 2.76. The normalized spacial score (nSPS) is 18.0. The largest absolute Gasteiger partial charge is 0.334 e. The number of amides is 1. The summed E-state index contributed by atoms with van der Waals surface area (Å²) in [6, 6.07) is 4.34. The number of hydrogen-bond donors (Lipinski definition) is 1. The smallest absolute Gasteiger partial charge is 0.283 e. The van der Waals surface area contributed by atoms with Crippen molar-refractivity contribution in [3.63, 3.8) is 0 Å². The zero-order valence-electron chi connectivity index (χ0n) is 11.1. The molecule has 0 saturated carbocycles. The molecular formula is C13H16ClN3O3. The average molecular weight is 298 g/mol. The molecule has 108 valence electrons. The number of benzene rings is 1. The Kier molecular flexibility index (Phi) is 4.57. The Morgan fingerprint density at radius 3 is 2.90 bits per heavy atom. The van der Waals surface area contributed by atoms with Crippen molar-refractivity contribution in [2.24, 2.45) is 0 Å². The molecule has 6 nitrogen and oxygen atoms in total. The first-order valence-electron chi connectivity index (χ1n) is 6.50. The predicted octanol–water partition coefficient (Wildman–Crippen LogP) is 2.07. The second-order valence-electron chi connectivity index (χ2n) is 4.63. The molecule has 7 heteroatoms. The van der Waals surface area contributed by atoms with Crippen LogP contribution in [-0.4, -0.2) is 41.4 Å². The fraction of sp³-hybridized carbons (Fsp3) is 0.462. The summed E-state index contributed by atoms with van der Waals surface area (Å²) in [4.78, 5) is 24.8. The minimum absolute atomic E-state index is 0.0204. The zero-order valence-corrected chi connectivity index (χ0v) is 11.9. The monoisotopic (exact) mass is 297 g/mol. The Labute approximate surface area is 121 Å². The van der Waals surface area contributed by atoms with Gasteiger partial charge in [0.2, 0.25) is 0 Å². The highest BCUT2D eigenvalue weighted by Crippen LogP contribution is 2.28. The Balaban J connectivity index is 2.38. The van der Waals surface area contributed by atoms with Gasteiger partial charge in [-0.2, -0.15) is 0 Å². The van der Waals surface area contributed by atoms with Crippen molar-refractivity contribution < 1.29 is 9.72 Å². The molecule has 1 aromatic rings. The number of nitro groups is 1. The van der Waals surface area contributed by atoms with Gasteiger partial charge in [0, 0.05) is 25.2 Å². The van der Waals surface area contributed by atoms with Crippen molar-refractivity contribution in [3.05, 3.63) is 38.9 Å². The van der Waals surface area contributed by atoms with E-state index < -0.39 is 4.92 Å². The van der Waals surface area contributed by atoms with Crippen molar-refractivity contribution in [1.82, 2.24) is 10.2 Å². The fourth-order valence-electron chi connectivity index (χ4n) is 2.49. The molecule has 0 spiro atoms. The molecule has 1 aromatic carbocycles. The number of nitro benzene ring substituents is 1. The van der Waals surface area contributed by atoms with Crippen molar-refractivity contribution in [2.75, 3.05) is 19.6 Å². The van der Waals surface area contributed by atoms with Gasteiger partial charge in [0.1, 0.15) is 5.56 Å². The van der Waals surface area contributed by atoms with E-state index in [2.05, 4.69) is 5.32 Å². The van der Waals surface area contributed by atoms with Crippen LogP contribution < -0.4 is 5.32 Å². The van der Waals surface area contributed by atoms with Gasteiger partial charge in [-0.25, -0.2) is 0 Å². The van der Waals surface area contributed by atoms with E-state index in [0.717, 1.165) is 13.0 Å². The van der Waals surface area contributed by atoms with E-state index in [4.69, 9.17) is 11.6 Å². The number of likely N-dealkylation sites (N-methyl/N-ethyl adjacent to an activating group) is 1. The van der Waals surface area contributed by atoms with Gasteiger partial charge < -0.3 is 10.2 Å². The molecule has 1 aliphatic heterocycles. The Morgan fingerprint density at radius 2 is 2.35 bits per heavy atom. The summed E-state index contributed by atoms with van der Waals surface area (Å²) < 4.78 is 0. The van der Waals surface area contributed by atoms with Gasteiger partial charge in [-0.05, 0) is 26.0 Å². The molecule has 1 unspecified atom stereocenters. The molecule has 1 atom stereocenters. The van der Waals surface area contributed by atoms with Crippen molar-refractivity contribution >= 4 is 23.2 Å². The molecule has 1 N–H and O–H groups in total. The molecule has 0 aliphatic carbocycles. The van der Waals surface area contributed by atoms with Gasteiger partial charge in [-0.1, -0.05) is 17.7 Å². The molecule has 1 amide bonds. The maximum atomic E-state index is 12.6. The lowest BCUT2D eigenvalue weighted by Crippen LogP contribution is -2.41. The number of hydrogen-bond acceptors (Lipinski definition) is 4. The van der Waals surface area contributed by atoms with Gasteiger partial charge >= 0.3 is 0 Å². The third-order valence-electron chi connectivity index (χ3n) is 3.48. The van der Waals surface area contributed by atoms with Crippen LogP contribution in [0.5, 0.6) is 0 Å². The lowest BCUT2D eigenvalue weighted by molar-refractivity contribution is -0.385. The fourth-order valence-corrected chi connectivity index (χ4v) is 2.74. The van der Waals surface area contributed by atoms with Crippen LogP contribution in [0.25, 0.3) is 0 Å². The summed E-state index contributed by atoms with van der Waals surface area (Å²) in [7, 11) is 0. The van der Waals surface area contributed by atoms with Crippen molar-refractivity contribution in [2.45, 2.75) is 19.4 Å². The highest BCUT2D eigenvalue weighted by molar-refractivity contribution is 6.34. The Hall–Kier alpha value is -1.66. The Bertz CT molecular complexity index is 530. The first-order chi connectivity index (χ1) is 9.56. The zero-order chi connectivity index (χ0) is 14.7. The van der Waals surface area contributed by atoms with Crippen LogP contribution in [0.15, 0.2) is 18.2 Å². The van der Waals surface area contributed by atoms with E-state index >= 15 is 0 Å². The van der Waals surface area contributed by atoms with Crippen LogP contribution in [0, 0.1) is 10.1 Å². The second kappa shape index (κ2) is 6.19. The first-order valence-corrected chi connectivity index (χ1v) is 6.88.